The molecule has 2 rings (SSSR count). The van der Waals surface area contributed by atoms with Crippen molar-refractivity contribution >= 4 is 11.8 Å². The molecule has 3 heteroatoms. The quantitative estimate of drug-likeness (QED) is 0.754. The zero-order valence-corrected chi connectivity index (χ0v) is 13.9. The molecule has 1 aliphatic carbocycles. The SMILES string of the molecule is Cc1ccc(C)c(SCC(CO)(NC(C)C)C2CC2)c1. The van der Waals surface area contributed by atoms with Gasteiger partial charge in [-0.15, -0.1) is 11.8 Å². The fraction of sp³-hybridized carbons (Fsp3) is 0.647. The van der Waals surface area contributed by atoms with E-state index in [9.17, 15) is 5.11 Å². The second-order valence-corrected chi connectivity index (χ2v) is 7.46. The lowest BCUT2D eigenvalue weighted by Gasteiger charge is -2.35. The fourth-order valence-electron chi connectivity index (χ4n) is 2.78. The lowest BCUT2D eigenvalue weighted by atomic mass is 9.95. The Hall–Kier alpha value is -0.510. The molecule has 1 saturated carbocycles. The predicted octanol–water partition coefficient (Wildman–Crippen LogP) is 3.53. The molecule has 0 radical (unpaired) electrons. The molecule has 1 aromatic carbocycles. The van der Waals surface area contributed by atoms with E-state index in [1.807, 2.05) is 11.8 Å². The molecule has 2 nitrogen and oxygen atoms in total. The van der Waals surface area contributed by atoms with Gasteiger partial charge in [0.15, 0.2) is 0 Å². The molecular weight excluding hydrogens is 266 g/mol. The first-order valence-electron chi connectivity index (χ1n) is 7.55. The Morgan fingerprint density at radius 1 is 1.35 bits per heavy atom. The van der Waals surface area contributed by atoms with Gasteiger partial charge in [-0.2, -0.15) is 0 Å². The van der Waals surface area contributed by atoms with Gasteiger partial charge in [-0.25, -0.2) is 0 Å². The molecule has 1 aromatic rings. The van der Waals surface area contributed by atoms with Gasteiger partial charge >= 0.3 is 0 Å². The number of thioether (sulfide) groups is 1. The topological polar surface area (TPSA) is 32.3 Å². The van der Waals surface area contributed by atoms with Crippen LogP contribution in [0.5, 0.6) is 0 Å². The van der Waals surface area contributed by atoms with Gasteiger partial charge < -0.3 is 10.4 Å². The van der Waals surface area contributed by atoms with Gasteiger partial charge in [0.1, 0.15) is 0 Å². The molecule has 20 heavy (non-hydrogen) atoms. The molecular formula is C17H27NOS. The fourth-order valence-corrected chi connectivity index (χ4v) is 4.17. The summed E-state index contributed by atoms with van der Waals surface area (Å²) in [5.74, 6) is 1.57. The molecule has 1 fully saturated rings. The summed E-state index contributed by atoms with van der Waals surface area (Å²) in [6.45, 7) is 8.85. The number of hydrogen-bond acceptors (Lipinski definition) is 3. The van der Waals surface area contributed by atoms with Crippen LogP contribution in [0.3, 0.4) is 0 Å². The third-order valence-corrected chi connectivity index (χ3v) is 5.46. The summed E-state index contributed by atoms with van der Waals surface area (Å²) in [5.41, 5.74) is 2.51. The van der Waals surface area contributed by atoms with E-state index < -0.39 is 0 Å². The van der Waals surface area contributed by atoms with Crippen molar-refractivity contribution in [3.8, 4) is 0 Å². The summed E-state index contributed by atoms with van der Waals surface area (Å²) in [6, 6.07) is 7.00. The summed E-state index contributed by atoms with van der Waals surface area (Å²) < 4.78 is 0. The lowest BCUT2D eigenvalue weighted by molar-refractivity contribution is 0.150. The Kier molecular flexibility index (Phi) is 5.16. The average Bonchev–Trinajstić information content (AvgIpc) is 3.22. The zero-order valence-electron chi connectivity index (χ0n) is 13.1. The number of aliphatic hydroxyl groups excluding tert-OH is 1. The minimum Gasteiger partial charge on any atom is -0.394 e. The summed E-state index contributed by atoms with van der Waals surface area (Å²) in [7, 11) is 0. The molecule has 1 unspecified atom stereocenters. The smallest absolute Gasteiger partial charge is 0.0624 e. The van der Waals surface area contributed by atoms with E-state index in [1.54, 1.807) is 0 Å². The number of benzene rings is 1. The minimum absolute atomic E-state index is 0.116. The molecule has 1 aliphatic rings. The maximum atomic E-state index is 9.96. The molecule has 112 valence electrons. The van der Waals surface area contributed by atoms with E-state index in [1.165, 1.54) is 28.9 Å². The van der Waals surface area contributed by atoms with Crippen LogP contribution in [0, 0.1) is 19.8 Å². The molecule has 1 atom stereocenters. The Balaban J connectivity index is 2.10. The van der Waals surface area contributed by atoms with Crippen molar-refractivity contribution in [2.45, 2.75) is 57.0 Å². The molecule has 0 spiro atoms. The van der Waals surface area contributed by atoms with Gasteiger partial charge in [-0.05, 0) is 44.2 Å². The normalized spacial score (nSPS) is 18.3. The van der Waals surface area contributed by atoms with Crippen molar-refractivity contribution < 1.29 is 5.11 Å². The molecule has 2 N–H and O–H groups in total. The third kappa shape index (κ3) is 3.78. The summed E-state index contributed by atoms with van der Waals surface area (Å²) >= 11 is 1.88. The first kappa shape index (κ1) is 15.9. The van der Waals surface area contributed by atoms with Gasteiger partial charge in [-0.3, -0.25) is 0 Å². The molecule has 0 heterocycles. The molecule has 0 aromatic heterocycles. The predicted molar refractivity (Wildman–Crippen MR) is 87.5 cm³/mol. The van der Waals surface area contributed by atoms with E-state index >= 15 is 0 Å². The molecule has 0 saturated heterocycles. The van der Waals surface area contributed by atoms with Gasteiger partial charge in [-0.1, -0.05) is 31.5 Å². The van der Waals surface area contributed by atoms with Crippen LogP contribution < -0.4 is 5.32 Å². The van der Waals surface area contributed by atoms with Crippen LogP contribution in [0.1, 0.15) is 37.8 Å². The number of nitrogens with one attached hydrogen (secondary N) is 1. The zero-order chi connectivity index (χ0) is 14.8. The highest BCUT2D eigenvalue weighted by atomic mass is 32.2. The van der Waals surface area contributed by atoms with E-state index in [2.05, 4.69) is 51.2 Å². The van der Waals surface area contributed by atoms with Crippen LogP contribution in [-0.4, -0.2) is 29.0 Å². The van der Waals surface area contributed by atoms with E-state index in [-0.39, 0.29) is 12.1 Å². The Labute approximate surface area is 127 Å². The lowest BCUT2D eigenvalue weighted by Crippen LogP contribution is -2.55. The molecule has 0 aliphatic heterocycles. The van der Waals surface area contributed by atoms with Crippen LogP contribution in [0.2, 0.25) is 0 Å². The van der Waals surface area contributed by atoms with Gasteiger partial charge in [0.25, 0.3) is 0 Å². The van der Waals surface area contributed by atoms with E-state index in [0.717, 1.165) is 5.75 Å². The van der Waals surface area contributed by atoms with Gasteiger partial charge in [0, 0.05) is 16.7 Å². The van der Waals surface area contributed by atoms with Crippen LogP contribution in [0.4, 0.5) is 0 Å². The number of rotatable bonds is 7. The van der Waals surface area contributed by atoms with Crippen molar-refractivity contribution in [2.24, 2.45) is 5.92 Å². The summed E-state index contributed by atoms with van der Waals surface area (Å²) in [5, 5.41) is 13.6. The van der Waals surface area contributed by atoms with Crippen LogP contribution in [0.25, 0.3) is 0 Å². The molecule has 0 bridgehead atoms. The van der Waals surface area contributed by atoms with Crippen LogP contribution in [-0.2, 0) is 0 Å². The third-order valence-electron chi connectivity index (χ3n) is 4.05. The van der Waals surface area contributed by atoms with Crippen molar-refractivity contribution in [3.63, 3.8) is 0 Å². The van der Waals surface area contributed by atoms with Crippen LogP contribution >= 0.6 is 11.8 Å². The van der Waals surface area contributed by atoms with Gasteiger partial charge in [0.05, 0.1) is 12.1 Å². The van der Waals surface area contributed by atoms with E-state index in [4.69, 9.17) is 0 Å². The first-order chi connectivity index (χ1) is 9.47. The van der Waals surface area contributed by atoms with Crippen LogP contribution in [0.15, 0.2) is 23.1 Å². The number of aliphatic hydroxyl groups is 1. The highest BCUT2D eigenvalue weighted by molar-refractivity contribution is 7.99. The van der Waals surface area contributed by atoms with Crippen molar-refractivity contribution in [2.75, 3.05) is 12.4 Å². The molecule has 0 amide bonds. The standard InChI is InChI=1S/C17H27NOS/c1-12(2)18-17(10-19,15-7-8-15)11-20-16-9-13(3)5-6-14(16)4/h5-6,9,12,15,18-19H,7-8,10-11H2,1-4H3. The Morgan fingerprint density at radius 3 is 2.60 bits per heavy atom. The van der Waals surface area contributed by atoms with Crippen molar-refractivity contribution in [1.82, 2.24) is 5.32 Å². The van der Waals surface area contributed by atoms with Crippen molar-refractivity contribution in [1.29, 1.82) is 0 Å². The van der Waals surface area contributed by atoms with Gasteiger partial charge in [0.2, 0.25) is 0 Å². The average molecular weight is 293 g/mol. The number of aryl methyl sites for hydroxylation is 2. The first-order valence-corrected chi connectivity index (χ1v) is 8.54. The largest absolute Gasteiger partial charge is 0.394 e. The summed E-state index contributed by atoms with van der Waals surface area (Å²) in [4.78, 5) is 1.34. The van der Waals surface area contributed by atoms with Crippen molar-refractivity contribution in [3.05, 3.63) is 29.3 Å². The maximum absolute atomic E-state index is 9.96. The second-order valence-electron chi connectivity index (χ2n) is 6.45. The highest BCUT2D eigenvalue weighted by Crippen LogP contribution is 2.42. The van der Waals surface area contributed by atoms with E-state index in [0.29, 0.717) is 12.0 Å². The monoisotopic (exact) mass is 293 g/mol. The summed E-state index contributed by atoms with van der Waals surface area (Å²) in [6.07, 6.45) is 2.49. The minimum atomic E-state index is -0.116. The maximum Gasteiger partial charge on any atom is 0.0624 e. The number of hydrogen-bond donors (Lipinski definition) is 2. The second kappa shape index (κ2) is 6.50. The Bertz CT molecular complexity index is 456. The highest BCUT2D eigenvalue weighted by Gasteiger charge is 2.45. The Morgan fingerprint density at radius 2 is 2.05 bits per heavy atom.